The van der Waals surface area contributed by atoms with E-state index in [9.17, 15) is 13.2 Å². The van der Waals surface area contributed by atoms with Gasteiger partial charge in [0, 0.05) is 17.3 Å². The maximum Gasteiger partial charge on any atom is 0.573 e. The van der Waals surface area contributed by atoms with Crippen LogP contribution in [0.5, 0.6) is 17.2 Å². The molecule has 0 amide bonds. The average Bonchev–Trinajstić information content (AvgIpc) is 2.81. The minimum absolute atomic E-state index is 0.0855. The van der Waals surface area contributed by atoms with Gasteiger partial charge in [0.15, 0.2) is 5.75 Å². The highest BCUT2D eigenvalue weighted by atomic mass is 19.4. The summed E-state index contributed by atoms with van der Waals surface area (Å²) in [6.07, 6.45) is -4.80. The SMILES string of the molecule is CC(C)(C)Nc1cccc(-c2ccc3c(c2)C(N)=Nc2cc(OC(F)(F)F)ccc2O3)c1. The molecule has 1 aliphatic heterocycles. The number of alkyl halides is 3. The number of amidine groups is 1. The van der Waals surface area contributed by atoms with Gasteiger partial charge in [-0.15, -0.1) is 13.2 Å². The van der Waals surface area contributed by atoms with Crippen LogP contribution in [-0.4, -0.2) is 17.7 Å². The van der Waals surface area contributed by atoms with Gasteiger partial charge in [0.25, 0.3) is 0 Å². The van der Waals surface area contributed by atoms with E-state index >= 15 is 0 Å². The van der Waals surface area contributed by atoms with Crippen molar-refractivity contribution in [2.45, 2.75) is 32.7 Å². The van der Waals surface area contributed by atoms with Gasteiger partial charge in [0.1, 0.15) is 23.0 Å². The second kappa shape index (κ2) is 7.78. The highest BCUT2D eigenvalue weighted by Gasteiger charge is 2.31. The molecule has 166 valence electrons. The van der Waals surface area contributed by atoms with Crippen molar-refractivity contribution < 1.29 is 22.6 Å². The molecule has 0 atom stereocenters. The lowest BCUT2D eigenvalue weighted by molar-refractivity contribution is -0.274. The van der Waals surface area contributed by atoms with E-state index in [1.807, 2.05) is 36.4 Å². The zero-order chi connectivity index (χ0) is 23.1. The summed E-state index contributed by atoms with van der Waals surface area (Å²) in [7, 11) is 0. The molecule has 32 heavy (non-hydrogen) atoms. The van der Waals surface area contributed by atoms with Crippen molar-refractivity contribution in [2.75, 3.05) is 5.32 Å². The molecule has 0 saturated heterocycles. The van der Waals surface area contributed by atoms with Crippen molar-refractivity contribution in [3.63, 3.8) is 0 Å². The molecule has 0 fully saturated rings. The van der Waals surface area contributed by atoms with Crippen LogP contribution in [0.2, 0.25) is 0 Å². The van der Waals surface area contributed by atoms with E-state index in [-0.39, 0.29) is 22.8 Å². The van der Waals surface area contributed by atoms with Gasteiger partial charge in [0.2, 0.25) is 0 Å². The summed E-state index contributed by atoms with van der Waals surface area (Å²) in [5.41, 5.74) is 9.65. The standard InChI is InChI=1S/C24H22F3N3O2/c1-23(2,3)30-16-6-4-5-14(11-16)15-7-9-20-18(12-15)22(28)29-19-13-17(32-24(25,26)27)8-10-21(19)31-20/h4-13,30H,1-3H3,(H2,28,29). The third kappa shape index (κ3) is 4.96. The van der Waals surface area contributed by atoms with Crippen LogP contribution in [0.25, 0.3) is 11.1 Å². The Labute approximate surface area is 183 Å². The quantitative estimate of drug-likeness (QED) is 0.480. The smallest absolute Gasteiger partial charge is 0.454 e. The van der Waals surface area contributed by atoms with Crippen LogP contribution >= 0.6 is 0 Å². The van der Waals surface area contributed by atoms with E-state index < -0.39 is 12.1 Å². The Morgan fingerprint density at radius 3 is 2.34 bits per heavy atom. The molecule has 0 aromatic heterocycles. The van der Waals surface area contributed by atoms with Gasteiger partial charge in [-0.3, -0.25) is 0 Å². The van der Waals surface area contributed by atoms with Gasteiger partial charge in [-0.25, -0.2) is 4.99 Å². The number of hydrogen-bond donors (Lipinski definition) is 2. The largest absolute Gasteiger partial charge is 0.573 e. The van der Waals surface area contributed by atoms with E-state index in [1.54, 1.807) is 6.07 Å². The third-order valence-corrected chi connectivity index (χ3v) is 4.60. The Balaban J connectivity index is 1.69. The molecule has 1 aliphatic rings. The van der Waals surface area contributed by atoms with Gasteiger partial charge in [-0.05, 0) is 68.3 Å². The first-order valence-electron chi connectivity index (χ1n) is 9.92. The minimum atomic E-state index is -4.80. The topological polar surface area (TPSA) is 68.9 Å². The minimum Gasteiger partial charge on any atom is -0.454 e. The van der Waals surface area contributed by atoms with Crippen LogP contribution in [0.15, 0.2) is 65.7 Å². The second-order valence-corrected chi connectivity index (χ2v) is 8.44. The number of anilines is 1. The molecule has 0 aliphatic carbocycles. The molecule has 3 N–H and O–H groups in total. The second-order valence-electron chi connectivity index (χ2n) is 8.44. The van der Waals surface area contributed by atoms with Crippen molar-refractivity contribution in [1.29, 1.82) is 0 Å². The first-order valence-corrected chi connectivity index (χ1v) is 9.92. The predicted molar refractivity (Wildman–Crippen MR) is 119 cm³/mol. The summed E-state index contributed by atoms with van der Waals surface area (Å²) >= 11 is 0. The number of benzene rings is 3. The first-order chi connectivity index (χ1) is 15.0. The number of halogens is 3. The number of nitrogens with zero attached hydrogens (tertiary/aromatic N) is 1. The van der Waals surface area contributed by atoms with Crippen LogP contribution in [0, 0.1) is 0 Å². The molecule has 8 heteroatoms. The summed E-state index contributed by atoms with van der Waals surface area (Å²) < 4.78 is 47.5. The molecule has 4 rings (SSSR count). The Hall–Kier alpha value is -3.68. The lowest BCUT2D eigenvalue weighted by Gasteiger charge is -2.22. The highest BCUT2D eigenvalue weighted by molar-refractivity contribution is 6.03. The van der Waals surface area contributed by atoms with Crippen LogP contribution in [-0.2, 0) is 0 Å². The molecule has 3 aromatic carbocycles. The molecule has 1 heterocycles. The zero-order valence-corrected chi connectivity index (χ0v) is 17.7. The number of ether oxygens (including phenoxy) is 2. The van der Waals surface area contributed by atoms with Gasteiger partial charge in [-0.1, -0.05) is 18.2 Å². The summed E-state index contributed by atoms with van der Waals surface area (Å²) in [6, 6.07) is 17.2. The monoisotopic (exact) mass is 441 g/mol. The maximum absolute atomic E-state index is 12.6. The summed E-state index contributed by atoms with van der Waals surface area (Å²) in [6.45, 7) is 6.25. The maximum atomic E-state index is 12.6. The molecule has 0 saturated carbocycles. The molecule has 0 radical (unpaired) electrons. The van der Waals surface area contributed by atoms with E-state index in [0.717, 1.165) is 22.9 Å². The van der Waals surface area contributed by atoms with Gasteiger partial charge >= 0.3 is 6.36 Å². The predicted octanol–water partition coefficient (Wildman–Crippen LogP) is 6.61. The fraction of sp³-hybridized carbons (Fsp3) is 0.208. The molecule has 0 bridgehead atoms. The van der Waals surface area contributed by atoms with Gasteiger partial charge in [0.05, 0.1) is 5.56 Å². The third-order valence-electron chi connectivity index (χ3n) is 4.60. The number of hydrogen-bond acceptors (Lipinski definition) is 5. The van der Waals surface area contributed by atoms with E-state index in [1.165, 1.54) is 12.1 Å². The Bertz CT molecular complexity index is 1200. The molecular weight excluding hydrogens is 419 g/mol. The Kier molecular flexibility index (Phi) is 5.24. The number of nitrogens with one attached hydrogen (secondary N) is 1. The summed E-state index contributed by atoms with van der Waals surface area (Å²) in [5, 5.41) is 3.44. The van der Waals surface area contributed by atoms with Crippen LogP contribution in [0.4, 0.5) is 24.5 Å². The lowest BCUT2D eigenvalue weighted by atomic mass is 10.0. The van der Waals surface area contributed by atoms with Crippen LogP contribution in [0.3, 0.4) is 0 Å². The number of nitrogens with two attached hydrogens (primary N) is 1. The fourth-order valence-electron chi connectivity index (χ4n) is 3.38. The average molecular weight is 441 g/mol. The van der Waals surface area contributed by atoms with Crippen molar-refractivity contribution >= 4 is 17.2 Å². The molecular formula is C24H22F3N3O2. The zero-order valence-electron chi connectivity index (χ0n) is 17.7. The van der Waals surface area contributed by atoms with Crippen LogP contribution < -0.4 is 20.5 Å². The molecule has 5 nitrogen and oxygen atoms in total. The summed E-state index contributed by atoms with van der Waals surface area (Å²) in [5.74, 6) is 0.479. The lowest BCUT2D eigenvalue weighted by Crippen LogP contribution is -2.25. The number of aliphatic imine (C=N–C) groups is 1. The highest BCUT2D eigenvalue weighted by Crippen LogP contribution is 2.41. The van der Waals surface area contributed by atoms with E-state index in [0.29, 0.717) is 11.3 Å². The molecule has 0 unspecified atom stereocenters. The Morgan fingerprint density at radius 2 is 1.62 bits per heavy atom. The summed E-state index contributed by atoms with van der Waals surface area (Å²) in [4.78, 5) is 4.28. The Morgan fingerprint density at radius 1 is 0.906 bits per heavy atom. The first kappa shape index (κ1) is 21.5. The van der Waals surface area contributed by atoms with Crippen molar-refractivity contribution in [2.24, 2.45) is 10.7 Å². The van der Waals surface area contributed by atoms with E-state index in [2.05, 4.69) is 35.8 Å². The number of rotatable bonds is 3. The van der Waals surface area contributed by atoms with Gasteiger partial charge in [-0.2, -0.15) is 0 Å². The molecule has 3 aromatic rings. The normalized spacial score (nSPS) is 13.2. The van der Waals surface area contributed by atoms with Crippen molar-refractivity contribution in [3.05, 3.63) is 66.2 Å². The van der Waals surface area contributed by atoms with Gasteiger partial charge < -0.3 is 20.5 Å². The number of fused-ring (bicyclic) bond motifs is 2. The van der Waals surface area contributed by atoms with Crippen molar-refractivity contribution in [1.82, 2.24) is 0 Å². The fourth-order valence-corrected chi connectivity index (χ4v) is 3.38. The van der Waals surface area contributed by atoms with Crippen LogP contribution in [0.1, 0.15) is 26.3 Å². The van der Waals surface area contributed by atoms with Crippen molar-refractivity contribution in [3.8, 4) is 28.4 Å². The molecule has 0 spiro atoms. The van der Waals surface area contributed by atoms with E-state index in [4.69, 9.17) is 10.5 Å².